The van der Waals surface area contributed by atoms with Crippen LogP contribution in [0.4, 0.5) is 19.0 Å². The summed E-state index contributed by atoms with van der Waals surface area (Å²) in [7, 11) is 0. The number of aryl methyl sites for hydroxylation is 1. The molecule has 100 valence electrons. The van der Waals surface area contributed by atoms with E-state index in [4.69, 9.17) is 0 Å². The summed E-state index contributed by atoms with van der Waals surface area (Å²) in [6.45, 7) is 1.70. The Labute approximate surface area is 108 Å². The lowest BCUT2D eigenvalue weighted by molar-refractivity contribution is -0.180. The maximum atomic E-state index is 12.5. The van der Waals surface area contributed by atoms with Gasteiger partial charge in [0.15, 0.2) is 0 Å². The molecule has 1 fully saturated rings. The zero-order valence-corrected chi connectivity index (χ0v) is 10.3. The topological polar surface area (TPSA) is 29.0 Å². The molecule has 0 spiro atoms. The Morgan fingerprint density at radius 3 is 2.53 bits per heavy atom. The fourth-order valence-electron chi connectivity index (χ4n) is 2.27. The fraction of sp³-hybridized carbons (Fsp3) is 0.385. The third-order valence-electron chi connectivity index (χ3n) is 3.34. The Morgan fingerprint density at radius 2 is 1.84 bits per heavy atom. The first kappa shape index (κ1) is 12.2. The van der Waals surface area contributed by atoms with Crippen LogP contribution in [-0.4, -0.2) is 29.2 Å². The van der Waals surface area contributed by atoms with Crippen LogP contribution in [0.3, 0.4) is 0 Å². The predicted octanol–water partition coefficient (Wildman–Crippen LogP) is 2.94. The first-order valence-corrected chi connectivity index (χ1v) is 6.00. The Morgan fingerprint density at radius 1 is 1.16 bits per heavy atom. The predicted molar refractivity (Wildman–Crippen MR) is 66.0 cm³/mol. The van der Waals surface area contributed by atoms with E-state index in [2.05, 4.69) is 9.97 Å². The van der Waals surface area contributed by atoms with Crippen molar-refractivity contribution < 1.29 is 13.2 Å². The minimum atomic E-state index is -4.12. The lowest BCUT2D eigenvalue weighted by atomic mass is 9.99. The van der Waals surface area contributed by atoms with Gasteiger partial charge in [0.1, 0.15) is 11.6 Å². The van der Waals surface area contributed by atoms with Gasteiger partial charge in [0, 0.05) is 18.5 Å². The van der Waals surface area contributed by atoms with Gasteiger partial charge in [0.2, 0.25) is 0 Å². The molecule has 1 aromatic carbocycles. The van der Waals surface area contributed by atoms with E-state index in [9.17, 15) is 13.2 Å². The van der Waals surface area contributed by atoms with Gasteiger partial charge in [0.25, 0.3) is 0 Å². The van der Waals surface area contributed by atoms with Crippen molar-refractivity contribution >= 4 is 16.7 Å². The Bertz CT molecular complexity index is 618. The van der Waals surface area contributed by atoms with Crippen molar-refractivity contribution in [3.05, 3.63) is 30.1 Å². The minimum Gasteiger partial charge on any atom is -0.355 e. The molecule has 0 bridgehead atoms. The molecule has 0 N–H and O–H groups in total. The van der Waals surface area contributed by atoms with E-state index in [0.717, 1.165) is 10.9 Å². The fourth-order valence-corrected chi connectivity index (χ4v) is 2.27. The molecule has 3 nitrogen and oxygen atoms in total. The summed E-state index contributed by atoms with van der Waals surface area (Å²) in [6.07, 6.45) is -4.12. The van der Waals surface area contributed by atoms with Crippen molar-refractivity contribution in [2.45, 2.75) is 13.1 Å². The van der Waals surface area contributed by atoms with Crippen molar-refractivity contribution in [1.82, 2.24) is 9.97 Å². The molecule has 0 radical (unpaired) electrons. The highest BCUT2D eigenvalue weighted by Gasteiger charge is 2.47. The lowest BCUT2D eigenvalue weighted by Crippen LogP contribution is -2.53. The van der Waals surface area contributed by atoms with E-state index >= 15 is 0 Å². The number of rotatable bonds is 1. The Kier molecular flexibility index (Phi) is 2.62. The van der Waals surface area contributed by atoms with Crippen LogP contribution >= 0.6 is 0 Å². The number of hydrogen-bond acceptors (Lipinski definition) is 3. The Balaban J connectivity index is 1.95. The number of nitrogens with zero attached hydrogens (tertiary/aromatic N) is 3. The number of anilines is 1. The summed E-state index contributed by atoms with van der Waals surface area (Å²) in [4.78, 5) is 10.2. The summed E-state index contributed by atoms with van der Waals surface area (Å²) in [5.41, 5.74) is 0.764. The average Bonchev–Trinajstić information content (AvgIpc) is 2.24. The highest BCUT2D eigenvalue weighted by Crippen LogP contribution is 2.37. The number of para-hydroxylation sites is 1. The number of hydrogen-bond donors (Lipinski definition) is 0. The van der Waals surface area contributed by atoms with Gasteiger partial charge >= 0.3 is 6.18 Å². The van der Waals surface area contributed by atoms with Crippen LogP contribution in [0.2, 0.25) is 0 Å². The molecular weight excluding hydrogens is 255 g/mol. The van der Waals surface area contributed by atoms with Gasteiger partial charge in [-0.1, -0.05) is 12.1 Å². The molecule has 0 amide bonds. The number of alkyl halides is 3. The van der Waals surface area contributed by atoms with Crippen LogP contribution in [0.5, 0.6) is 0 Å². The van der Waals surface area contributed by atoms with E-state index in [-0.39, 0.29) is 13.1 Å². The van der Waals surface area contributed by atoms with Crippen LogP contribution in [0.25, 0.3) is 10.9 Å². The second-order valence-corrected chi connectivity index (χ2v) is 4.76. The molecule has 1 aromatic heterocycles. The second-order valence-electron chi connectivity index (χ2n) is 4.76. The van der Waals surface area contributed by atoms with Crippen LogP contribution in [-0.2, 0) is 0 Å². The van der Waals surface area contributed by atoms with E-state index in [1.54, 1.807) is 11.8 Å². The monoisotopic (exact) mass is 267 g/mol. The standard InChI is InChI=1S/C13H12F3N3/c1-8-17-11-5-3-2-4-10(11)12(18-8)19-6-9(7-19)13(14,15)16/h2-5,9H,6-7H2,1H3. The number of fused-ring (bicyclic) bond motifs is 1. The van der Waals surface area contributed by atoms with E-state index in [1.807, 2.05) is 24.3 Å². The molecule has 1 saturated heterocycles. The van der Waals surface area contributed by atoms with Crippen molar-refractivity contribution in [2.24, 2.45) is 5.92 Å². The van der Waals surface area contributed by atoms with Gasteiger partial charge in [-0.15, -0.1) is 0 Å². The third-order valence-corrected chi connectivity index (χ3v) is 3.34. The first-order chi connectivity index (χ1) is 8.95. The first-order valence-electron chi connectivity index (χ1n) is 6.00. The van der Waals surface area contributed by atoms with Crippen molar-refractivity contribution in [2.75, 3.05) is 18.0 Å². The molecule has 19 heavy (non-hydrogen) atoms. The van der Waals surface area contributed by atoms with E-state index < -0.39 is 12.1 Å². The molecule has 2 heterocycles. The summed E-state index contributed by atoms with van der Waals surface area (Å²) in [5.74, 6) is -0.0747. The Hall–Kier alpha value is -1.85. The van der Waals surface area contributed by atoms with Crippen molar-refractivity contribution in [3.8, 4) is 0 Å². The summed E-state index contributed by atoms with van der Waals surface area (Å²) in [5, 5.41) is 0.800. The van der Waals surface area contributed by atoms with E-state index in [1.165, 1.54) is 0 Å². The van der Waals surface area contributed by atoms with Gasteiger partial charge in [-0.3, -0.25) is 0 Å². The van der Waals surface area contributed by atoms with Crippen molar-refractivity contribution in [3.63, 3.8) is 0 Å². The highest BCUT2D eigenvalue weighted by atomic mass is 19.4. The largest absolute Gasteiger partial charge is 0.395 e. The lowest BCUT2D eigenvalue weighted by Gasteiger charge is -2.41. The molecule has 0 unspecified atom stereocenters. The molecule has 0 aliphatic carbocycles. The molecule has 1 aliphatic rings. The SMILES string of the molecule is Cc1nc(N2CC(C(F)(F)F)C2)c2ccccc2n1. The van der Waals surface area contributed by atoms with Crippen LogP contribution < -0.4 is 4.90 Å². The van der Waals surface area contributed by atoms with E-state index in [0.29, 0.717) is 11.6 Å². The maximum absolute atomic E-state index is 12.5. The molecule has 6 heteroatoms. The van der Waals surface area contributed by atoms with Gasteiger partial charge < -0.3 is 4.90 Å². The summed E-state index contributed by atoms with van der Waals surface area (Å²) in [6, 6.07) is 7.37. The normalized spacial score (nSPS) is 16.7. The average molecular weight is 267 g/mol. The molecular formula is C13H12F3N3. The van der Waals surface area contributed by atoms with Gasteiger partial charge in [-0.2, -0.15) is 13.2 Å². The zero-order chi connectivity index (χ0) is 13.6. The number of halogens is 3. The quantitative estimate of drug-likeness (QED) is 0.795. The van der Waals surface area contributed by atoms with Crippen LogP contribution in [0.1, 0.15) is 5.82 Å². The number of aromatic nitrogens is 2. The van der Waals surface area contributed by atoms with Gasteiger partial charge in [-0.25, -0.2) is 9.97 Å². The van der Waals surface area contributed by atoms with Gasteiger partial charge in [-0.05, 0) is 19.1 Å². The molecule has 1 aliphatic heterocycles. The maximum Gasteiger partial charge on any atom is 0.395 e. The summed E-state index contributed by atoms with van der Waals surface area (Å²) < 4.78 is 37.6. The highest BCUT2D eigenvalue weighted by molar-refractivity contribution is 5.89. The van der Waals surface area contributed by atoms with Crippen molar-refractivity contribution in [1.29, 1.82) is 0 Å². The minimum absolute atomic E-state index is 0.0239. The van der Waals surface area contributed by atoms with Crippen LogP contribution in [0.15, 0.2) is 24.3 Å². The molecule has 2 aromatic rings. The third kappa shape index (κ3) is 2.11. The molecule has 3 rings (SSSR count). The second kappa shape index (κ2) is 4.08. The van der Waals surface area contributed by atoms with Gasteiger partial charge in [0.05, 0.1) is 11.4 Å². The summed E-state index contributed by atoms with van der Waals surface area (Å²) >= 11 is 0. The van der Waals surface area contributed by atoms with Crippen LogP contribution in [0, 0.1) is 12.8 Å². The zero-order valence-electron chi connectivity index (χ0n) is 10.3. The number of benzene rings is 1. The smallest absolute Gasteiger partial charge is 0.355 e. The molecule has 0 saturated carbocycles. The molecule has 0 atom stereocenters.